The maximum absolute atomic E-state index is 11.4. The van der Waals surface area contributed by atoms with Gasteiger partial charge in [0.25, 0.3) is 0 Å². The van der Waals surface area contributed by atoms with Crippen LogP contribution in [0.1, 0.15) is 6.92 Å². The highest BCUT2D eigenvalue weighted by Crippen LogP contribution is 1.89. The Balaban J connectivity index is 4.10. The zero-order valence-electron chi connectivity index (χ0n) is 8.32. The first kappa shape index (κ1) is 12.6. The topological polar surface area (TPSA) is 69.6 Å². The minimum absolute atomic E-state index is 0.164. The molecule has 5 nitrogen and oxygen atoms in total. The number of aliphatic carboxylic acids is 1. The van der Waals surface area contributed by atoms with Crippen LogP contribution in [0, 0.1) is 0 Å². The largest absolute Gasteiger partial charge is 0.480 e. The van der Waals surface area contributed by atoms with Gasteiger partial charge in [-0.15, -0.1) is 6.58 Å². The fourth-order valence-corrected chi connectivity index (χ4v) is 0.917. The van der Waals surface area contributed by atoms with Crippen molar-refractivity contribution in [3.8, 4) is 0 Å². The van der Waals surface area contributed by atoms with Crippen molar-refractivity contribution in [2.45, 2.75) is 6.92 Å². The van der Waals surface area contributed by atoms with E-state index in [1.165, 1.54) is 11.0 Å². The highest BCUT2D eigenvalue weighted by molar-refractivity contribution is 5.82. The van der Waals surface area contributed by atoms with Crippen LogP contribution in [0.25, 0.3) is 0 Å². The molecule has 80 valence electrons. The first-order chi connectivity index (χ1) is 6.61. The van der Waals surface area contributed by atoms with Gasteiger partial charge < -0.3 is 15.3 Å². The summed E-state index contributed by atoms with van der Waals surface area (Å²) in [6.07, 6.45) is 1.51. The number of carboxylic acid groups (broad SMARTS) is 1. The molecule has 0 unspecified atom stereocenters. The summed E-state index contributed by atoms with van der Waals surface area (Å²) in [6.45, 7) is 6.17. The average Bonchev–Trinajstić information content (AvgIpc) is 2.13. The molecule has 0 heterocycles. The smallest absolute Gasteiger partial charge is 0.323 e. The van der Waals surface area contributed by atoms with Crippen molar-refractivity contribution in [1.82, 2.24) is 10.2 Å². The molecule has 0 spiro atoms. The van der Waals surface area contributed by atoms with Gasteiger partial charge >= 0.3 is 5.97 Å². The third-order valence-electron chi connectivity index (χ3n) is 1.55. The molecule has 0 atom stereocenters. The third kappa shape index (κ3) is 5.31. The second-order valence-corrected chi connectivity index (χ2v) is 2.74. The molecule has 0 saturated carbocycles. The van der Waals surface area contributed by atoms with Gasteiger partial charge in [-0.2, -0.15) is 0 Å². The normalized spacial score (nSPS) is 9.50. The van der Waals surface area contributed by atoms with Crippen molar-refractivity contribution in [2.75, 3.05) is 26.2 Å². The molecule has 2 N–H and O–H groups in total. The number of carbonyl (C=O) groups is 2. The van der Waals surface area contributed by atoms with E-state index in [1.807, 2.05) is 6.92 Å². The molecule has 0 radical (unpaired) electrons. The maximum Gasteiger partial charge on any atom is 0.323 e. The van der Waals surface area contributed by atoms with Gasteiger partial charge in [-0.05, 0) is 6.54 Å². The minimum Gasteiger partial charge on any atom is -0.480 e. The summed E-state index contributed by atoms with van der Waals surface area (Å²) in [5.41, 5.74) is 0. The van der Waals surface area contributed by atoms with Gasteiger partial charge in [-0.1, -0.05) is 13.0 Å². The first-order valence-electron chi connectivity index (χ1n) is 4.43. The lowest BCUT2D eigenvalue weighted by Crippen LogP contribution is -2.41. The molecule has 0 rings (SSSR count). The maximum atomic E-state index is 11.4. The number of likely N-dealkylation sites (N-methyl/N-ethyl adjacent to an activating group) is 1. The van der Waals surface area contributed by atoms with E-state index in [9.17, 15) is 9.59 Å². The zero-order chi connectivity index (χ0) is 11.0. The van der Waals surface area contributed by atoms with Gasteiger partial charge in [0.2, 0.25) is 5.91 Å². The Labute approximate surface area is 83.4 Å². The number of nitrogens with zero attached hydrogens (tertiary/aromatic N) is 1. The van der Waals surface area contributed by atoms with E-state index in [4.69, 9.17) is 5.11 Å². The van der Waals surface area contributed by atoms with Crippen LogP contribution in [-0.2, 0) is 9.59 Å². The number of rotatable bonds is 7. The van der Waals surface area contributed by atoms with Gasteiger partial charge in [-0.3, -0.25) is 9.59 Å². The molecule has 0 aliphatic rings. The van der Waals surface area contributed by atoms with Crippen LogP contribution in [-0.4, -0.2) is 48.1 Å². The van der Waals surface area contributed by atoms with Crippen molar-refractivity contribution >= 4 is 11.9 Å². The molecule has 0 bridgehead atoms. The van der Waals surface area contributed by atoms with Crippen LogP contribution in [0.2, 0.25) is 0 Å². The summed E-state index contributed by atoms with van der Waals surface area (Å²) in [4.78, 5) is 23.0. The van der Waals surface area contributed by atoms with Crippen LogP contribution < -0.4 is 5.32 Å². The molecule has 1 amide bonds. The lowest BCUT2D eigenvalue weighted by Gasteiger charge is -2.18. The monoisotopic (exact) mass is 200 g/mol. The molecule has 14 heavy (non-hydrogen) atoms. The Kier molecular flexibility index (Phi) is 6.39. The van der Waals surface area contributed by atoms with E-state index < -0.39 is 5.97 Å². The zero-order valence-corrected chi connectivity index (χ0v) is 8.32. The molecule has 0 saturated heterocycles. The van der Waals surface area contributed by atoms with Crippen LogP contribution in [0.4, 0.5) is 0 Å². The van der Waals surface area contributed by atoms with Gasteiger partial charge in [0.05, 0.1) is 6.54 Å². The molecular weight excluding hydrogens is 184 g/mol. The van der Waals surface area contributed by atoms with E-state index in [1.54, 1.807) is 0 Å². The standard InChI is InChI=1S/C9H16N2O3/c1-3-5-11(7-9(13)14)8(12)6-10-4-2/h3,10H,1,4-7H2,2H3,(H,13,14). The van der Waals surface area contributed by atoms with Crippen molar-refractivity contribution in [3.63, 3.8) is 0 Å². The Hall–Kier alpha value is -1.36. The van der Waals surface area contributed by atoms with Crippen molar-refractivity contribution in [2.24, 2.45) is 0 Å². The van der Waals surface area contributed by atoms with Gasteiger partial charge in [0.15, 0.2) is 0 Å². The molecule has 0 aliphatic heterocycles. The first-order valence-corrected chi connectivity index (χ1v) is 4.43. The summed E-state index contributed by atoms with van der Waals surface area (Å²) in [7, 11) is 0. The van der Waals surface area contributed by atoms with Gasteiger partial charge in [-0.25, -0.2) is 0 Å². The summed E-state index contributed by atoms with van der Waals surface area (Å²) < 4.78 is 0. The SMILES string of the molecule is C=CCN(CC(=O)O)C(=O)CNCC. The summed E-state index contributed by atoms with van der Waals surface area (Å²) in [5.74, 6) is -1.24. The predicted octanol–water partition coefficient (Wildman–Crippen LogP) is -0.305. The number of carboxylic acids is 1. The Bertz CT molecular complexity index is 216. The summed E-state index contributed by atoms with van der Waals surface area (Å²) >= 11 is 0. The van der Waals surface area contributed by atoms with Crippen LogP contribution in [0.5, 0.6) is 0 Å². The van der Waals surface area contributed by atoms with Crippen molar-refractivity contribution < 1.29 is 14.7 Å². The fraction of sp³-hybridized carbons (Fsp3) is 0.556. The van der Waals surface area contributed by atoms with Gasteiger partial charge in [0.1, 0.15) is 6.54 Å². The molecule has 0 aliphatic carbocycles. The highest BCUT2D eigenvalue weighted by atomic mass is 16.4. The quantitative estimate of drug-likeness (QED) is 0.553. The summed E-state index contributed by atoms with van der Waals surface area (Å²) in [5, 5.41) is 11.4. The highest BCUT2D eigenvalue weighted by Gasteiger charge is 2.14. The Morgan fingerprint density at radius 1 is 1.57 bits per heavy atom. The van der Waals surface area contributed by atoms with E-state index >= 15 is 0 Å². The number of nitrogens with one attached hydrogen (secondary N) is 1. The van der Waals surface area contributed by atoms with E-state index in [0.717, 1.165) is 0 Å². The van der Waals surface area contributed by atoms with Crippen LogP contribution in [0.15, 0.2) is 12.7 Å². The van der Waals surface area contributed by atoms with Crippen LogP contribution in [0.3, 0.4) is 0 Å². The molecule has 0 aromatic rings. The van der Waals surface area contributed by atoms with E-state index in [2.05, 4.69) is 11.9 Å². The number of amides is 1. The second-order valence-electron chi connectivity index (χ2n) is 2.74. The molecule has 0 aromatic heterocycles. The fourth-order valence-electron chi connectivity index (χ4n) is 0.917. The lowest BCUT2D eigenvalue weighted by molar-refractivity contribution is -0.143. The van der Waals surface area contributed by atoms with E-state index in [-0.39, 0.29) is 25.5 Å². The Morgan fingerprint density at radius 3 is 2.64 bits per heavy atom. The number of carbonyl (C=O) groups excluding carboxylic acids is 1. The second kappa shape index (κ2) is 7.08. The van der Waals surface area contributed by atoms with Gasteiger partial charge in [0, 0.05) is 6.54 Å². The van der Waals surface area contributed by atoms with Crippen LogP contribution >= 0.6 is 0 Å². The lowest BCUT2D eigenvalue weighted by atomic mass is 10.4. The molecule has 0 aromatic carbocycles. The van der Waals surface area contributed by atoms with E-state index in [0.29, 0.717) is 6.54 Å². The van der Waals surface area contributed by atoms with Crippen molar-refractivity contribution in [3.05, 3.63) is 12.7 Å². The number of hydrogen-bond acceptors (Lipinski definition) is 3. The minimum atomic E-state index is -1.02. The van der Waals surface area contributed by atoms with Crippen molar-refractivity contribution in [1.29, 1.82) is 0 Å². The average molecular weight is 200 g/mol. The molecule has 5 heteroatoms. The molecule has 0 fully saturated rings. The predicted molar refractivity (Wildman–Crippen MR) is 53.0 cm³/mol. The summed E-state index contributed by atoms with van der Waals surface area (Å²) in [6, 6.07) is 0. The third-order valence-corrected chi connectivity index (χ3v) is 1.55. The Morgan fingerprint density at radius 2 is 2.21 bits per heavy atom. The molecular formula is C9H16N2O3. The number of hydrogen-bond donors (Lipinski definition) is 2.